The Morgan fingerprint density at radius 2 is 1.75 bits per heavy atom. The zero-order valence-electron chi connectivity index (χ0n) is 15.9. The van der Waals surface area contributed by atoms with E-state index in [0.717, 1.165) is 5.36 Å². The number of nitrogens with zero attached hydrogens (tertiary/aromatic N) is 2. The van der Waals surface area contributed by atoms with Crippen molar-refractivity contribution in [3.8, 4) is 0 Å². The molecule has 0 spiro atoms. The topological polar surface area (TPSA) is 15.6 Å². The third-order valence-electron chi connectivity index (χ3n) is 5.40. The average molecular weight is 320 g/mol. The molecule has 2 heteroatoms. The number of fused-ring (bicyclic) bond motifs is 1. The van der Waals surface area contributed by atoms with Crippen molar-refractivity contribution in [3.63, 3.8) is 0 Å². The SMILES string of the molecule is Cc1cc(C)c(C)c(C2(C)N=c3cc(C(C)C)ccc3=CN2C)c1. The highest BCUT2D eigenvalue weighted by Gasteiger charge is 2.33. The van der Waals surface area contributed by atoms with Crippen LogP contribution in [0.4, 0.5) is 0 Å². The first-order chi connectivity index (χ1) is 11.2. The molecular weight excluding hydrogens is 292 g/mol. The van der Waals surface area contributed by atoms with Crippen LogP contribution in [-0.2, 0) is 5.66 Å². The van der Waals surface area contributed by atoms with Crippen LogP contribution in [0.3, 0.4) is 0 Å². The Labute approximate surface area is 145 Å². The van der Waals surface area contributed by atoms with E-state index in [4.69, 9.17) is 4.99 Å². The third-order valence-corrected chi connectivity index (χ3v) is 5.40. The first-order valence-electron chi connectivity index (χ1n) is 8.75. The molecule has 0 saturated heterocycles. The van der Waals surface area contributed by atoms with Crippen molar-refractivity contribution in [1.29, 1.82) is 0 Å². The Balaban J connectivity index is 2.27. The molecule has 2 nitrogen and oxygen atoms in total. The predicted molar refractivity (Wildman–Crippen MR) is 102 cm³/mol. The molecule has 0 radical (unpaired) electrons. The molecule has 24 heavy (non-hydrogen) atoms. The molecule has 1 aliphatic rings. The fraction of sp³-hybridized carbons (Fsp3) is 0.409. The van der Waals surface area contributed by atoms with Gasteiger partial charge in [0.1, 0.15) is 0 Å². The average Bonchev–Trinajstić information content (AvgIpc) is 2.51. The van der Waals surface area contributed by atoms with Gasteiger partial charge >= 0.3 is 0 Å². The molecule has 2 aromatic rings. The van der Waals surface area contributed by atoms with Gasteiger partial charge in [0.15, 0.2) is 5.66 Å². The van der Waals surface area contributed by atoms with Gasteiger partial charge in [-0.1, -0.05) is 43.7 Å². The molecule has 0 amide bonds. The Hall–Kier alpha value is -2.09. The maximum Gasteiger partial charge on any atom is 0.155 e. The van der Waals surface area contributed by atoms with Crippen LogP contribution in [0.1, 0.15) is 54.5 Å². The van der Waals surface area contributed by atoms with E-state index in [1.54, 1.807) is 0 Å². The van der Waals surface area contributed by atoms with Gasteiger partial charge in [0.05, 0.1) is 5.36 Å². The maximum absolute atomic E-state index is 5.21. The summed E-state index contributed by atoms with van der Waals surface area (Å²) in [4.78, 5) is 7.45. The van der Waals surface area contributed by atoms with Gasteiger partial charge in [0.2, 0.25) is 0 Å². The summed E-state index contributed by atoms with van der Waals surface area (Å²) in [5.41, 5.74) is 6.21. The lowest BCUT2D eigenvalue weighted by Gasteiger charge is -2.38. The quantitative estimate of drug-likeness (QED) is 0.819. The molecule has 3 rings (SSSR count). The maximum atomic E-state index is 5.21. The van der Waals surface area contributed by atoms with Crippen LogP contribution >= 0.6 is 0 Å². The summed E-state index contributed by atoms with van der Waals surface area (Å²) >= 11 is 0. The molecule has 0 aliphatic carbocycles. The zero-order valence-corrected chi connectivity index (χ0v) is 15.9. The summed E-state index contributed by atoms with van der Waals surface area (Å²) in [7, 11) is 2.12. The second-order valence-electron chi connectivity index (χ2n) is 7.60. The summed E-state index contributed by atoms with van der Waals surface area (Å²) in [6.07, 6.45) is 2.23. The largest absolute Gasteiger partial charge is 0.352 e. The van der Waals surface area contributed by atoms with Crippen LogP contribution in [0.15, 0.2) is 35.3 Å². The van der Waals surface area contributed by atoms with E-state index in [9.17, 15) is 0 Å². The molecule has 0 fully saturated rings. The fourth-order valence-corrected chi connectivity index (χ4v) is 3.56. The van der Waals surface area contributed by atoms with E-state index >= 15 is 0 Å². The molecule has 1 atom stereocenters. The molecule has 0 aromatic heterocycles. The Morgan fingerprint density at radius 3 is 2.42 bits per heavy atom. The fourth-order valence-electron chi connectivity index (χ4n) is 3.56. The zero-order chi connectivity index (χ0) is 17.6. The van der Waals surface area contributed by atoms with Crippen LogP contribution in [0.25, 0.3) is 6.20 Å². The van der Waals surface area contributed by atoms with E-state index < -0.39 is 0 Å². The van der Waals surface area contributed by atoms with Gasteiger partial charge in [-0.25, -0.2) is 0 Å². The molecule has 2 aromatic carbocycles. The molecule has 0 saturated carbocycles. The van der Waals surface area contributed by atoms with Crippen molar-refractivity contribution >= 4 is 6.20 Å². The van der Waals surface area contributed by atoms with Gasteiger partial charge in [-0.2, -0.15) is 0 Å². The van der Waals surface area contributed by atoms with Crippen LogP contribution in [-0.4, -0.2) is 11.9 Å². The normalized spacial score (nSPS) is 19.8. The Morgan fingerprint density at radius 1 is 1.04 bits per heavy atom. The lowest BCUT2D eigenvalue weighted by Crippen LogP contribution is -2.46. The van der Waals surface area contributed by atoms with Crippen molar-refractivity contribution in [2.75, 3.05) is 7.05 Å². The number of hydrogen-bond donors (Lipinski definition) is 0. The predicted octanol–water partition coefficient (Wildman–Crippen LogP) is 3.91. The van der Waals surface area contributed by atoms with Crippen LogP contribution in [0.5, 0.6) is 0 Å². The lowest BCUT2D eigenvalue weighted by atomic mass is 9.90. The van der Waals surface area contributed by atoms with Crippen LogP contribution in [0, 0.1) is 20.8 Å². The van der Waals surface area contributed by atoms with E-state index in [-0.39, 0.29) is 5.66 Å². The van der Waals surface area contributed by atoms with Gasteiger partial charge in [-0.15, -0.1) is 0 Å². The highest BCUT2D eigenvalue weighted by Crippen LogP contribution is 2.34. The minimum Gasteiger partial charge on any atom is -0.352 e. The highest BCUT2D eigenvalue weighted by molar-refractivity contribution is 5.44. The molecular formula is C22H28N2. The standard InChI is InChI=1S/C22H28N2/c1-14(2)18-8-9-19-13-24(7)22(6,23-21(19)12-18)20-11-15(3)10-16(4)17(20)5/h8-14H,1-7H3. The third kappa shape index (κ3) is 2.64. The Bertz CT molecular complexity index is 908. The summed E-state index contributed by atoms with van der Waals surface area (Å²) < 4.78 is 0. The lowest BCUT2D eigenvalue weighted by molar-refractivity contribution is 0.224. The number of benzene rings is 2. The summed E-state index contributed by atoms with van der Waals surface area (Å²) in [5, 5.41) is 2.29. The molecule has 0 N–H and O–H groups in total. The van der Waals surface area contributed by atoms with Crippen LogP contribution in [0.2, 0.25) is 0 Å². The second kappa shape index (κ2) is 5.77. The van der Waals surface area contributed by atoms with Gasteiger partial charge in [-0.3, -0.25) is 4.99 Å². The first-order valence-corrected chi connectivity index (χ1v) is 8.75. The number of hydrogen-bond acceptors (Lipinski definition) is 2. The highest BCUT2D eigenvalue weighted by atomic mass is 15.3. The number of aryl methyl sites for hydroxylation is 2. The van der Waals surface area contributed by atoms with Crippen molar-refractivity contribution in [1.82, 2.24) is 4.90 Å². The monoisotopic (exact) mass is 320 g/mol. The van der Waals surface area contributed by atoms with Crippen LogP contribution < -0.4 is 10.6 Å². The van der Waals surface area contributed by atoms with E-state index in [1.807, 2.05) is 0 Å². The van der Waals surface area contributed by atoms with Gasteiger partial charge in [0, 0.05) is 24.0 Å². The first kappa shape index (κ1) is 16.8. The molecule has 126 valence electrons. The van der Waals surface area contributed by atoms with Gasteiger partial charge in [0.25, 0.3) is 0 Å². The van der Waals surface area contributed by atoms with Crippen molar-refractivity contribution in [2.45, 2.75) is 53.1 Å². The molecule has 1 unspecified atom stereocenters. The van der Waals surface area contributed by atoms with Gasteiger partial charge < -0.3 is 4.90 Å². The van der Waals surface area contributed by atoms with E-state index in [0.29, 0.717) is 5.92 Å². The summed E-state index contributed by atoms with van der Waals surface area (Å²) in [6.45, 7) is 13.2. The van der Waals surface area contributed by atoms with Crippen molar-refractivity contribution in [3.05, 3.63) is 68.7 Å². The van der Waals surface area contributed by atoms with E-state index in [1.165, 1.54) is 33.0 Å². The smallest absolute Gasteiger partial charge is 0.155 e. The minimum atomic E-state index is -0.372. The van der Waals surface area contributed by atoms with Crippen molar-refractivity contribution in [2.24, 2.45) is 4.99 Å². The van der Waals surface area contributed by atoms with Crippen molar-refractivity contribution < 1.29 is 0 Å². The summed E-state index contributed by atoms with van der Waals surface area (Å²) in [6, 6.07) is 11.2. The molecule has 1 aliphatic heterocycles. The minimum absolute atomic E-state index is 0.372. The molecule has 0 bridgehead atoms. The van der Waals surface area contributed by atoms with E-state index in [2.05, 4.69) is 90.0 Å². The van der Waals surface area contributed by atoms with Gasteiger partial charge in [-0.05, 0) is 56.4 Å². The second-order valence-corrected chi connectivity index (χ2v) is 7.60. The molecule has 1 heterocycles. The Kier molecular flexibility index (Phi) is 4.03. The summed E-state index contributed by atoms with van der Waals surface area (Å²) in [5.74, 6) is 0.513. The number of rotatable bonds is 2.